The van der Waals surface area contributed by atoms with Gasteiger partial charge in [0.05, 0.1) is 6.61 Å². The summed E-state index contributed by atoms with van der Waals surface area (Å²) in [7, 11) is 0. The largest absolute Gasteiger partial charge is 0.480 e. The number of aryl methyl sites for hydroxylation is 2. The minimum Gasteiger partial charge on any atom is -0.480 e. The zero-order chi connectivity index (χ0) is 20.1. The van der Waals surface area contributed by atoms with Crippen LogP contribution in [0, 0.1) is 13.8 Å². The summed E-state index contributed by atoms with van der Waals surface area (Å²) < 4.78 is 8.43. The molecule has 2 heterocycles. The number of imidazole rings is 2. The molecule has 150 valence electrons. The van der Waals surface area contributed by atoms with Crippen LogP contribution in [0.3, 0.4) is 0 Å². The Labute approximate surface area is 158 Å². The second-order valence-corrected chi connectivity index (χ2v) is 5.96. The molecule has 0 spiro atoms. The van der Waals surface area contributed by atoms with Gasteiger partial charge < -0.3 is 24.1 Å². The summed E-state index contributed by atoms with van der Waals surface area (Å²) in [6.07, 6.45) is 10.3. The standard InChI is InChI=1S/C12H20N2O3.C6H8N2O2/c1-11-13-6-7-14(11)10-12(16)17-9-5-3-2-4-8-15;1-5-7-2-3-8(5)4-6(9)10/h6-7,15H,2-5,8-10H2,1H3;2-3H,4H2,1H3,(H,9,10). The molecule has 0 fully saturated rings. The lowest BCUT2D eigenvalue weighted by Gasteiger charge is -2.06. The van der Waals surface area contributed by atoms with Crippen molar-refractivity contribution in [3.05, 3.63) is 36.4 Å². The number of hydrogen-bond acceptors (Lipinski definition) is 6. The van der Waals surface area contributed by atoms with Gasteiger partial charge in [-0.15, -0.1) is 0 Å². The number of carbonyl (C=O) groups excluding carboxylic acids is 1. The number of nitrogens with zero attached hydrogens (tertiary/aromatic N) is 4. The van der Waals surface area contributed by atoms with Gasteiger partial charge in [-0.05, 0) is 33.1 Å². The molecule has 0 amide bonds. The van der Waals surface area contributed by atoms with Crippen molar-refractivity contribution in [1.29, 1.82) is 0 Å². The van der Waals surface area contributed by atoms with E-state index in [4.69, 9.17) is 14.9 Å². The lowest BCUT2D eigenvalue weighted by molar-refractivity contribution is -0.144. The van der Waals surface area contributed by atoms with Crippen LogP contribution in [-0.2, 0) is 27.4 Å². The molecule has 0 radical (unpaired) electrons. The third-order valence-corrected chi connectivity index (χ3v) is 3.77. The molecule has 2 aromatic heterocycles. The summed E-state index contributed by atoms with van der Waals surface area (Å²) in [4.78, 5) is 29.5. The molecule has 2 N–H and O–H groups in total. The molecule has 0 bridgehead atoms. The highest BCUT2D eigenvalue weighted by Gasteiger charge is 2.05. The van der Waals surface area contributed by atoms with Gasteiger partial charge in [0.2, 0.25) is 0 Å². The van der Waals surface area contributed by atoms with Crippen LogP contribution in [0.5, 0.6) is 0 Å². The first-order valence-electron chi connectivity index (χ1n) is 8.87. The van der Waals surface area contributed by atoms with Crippen molar-refractivity contribution in [3.63, 3.8) is 0 Å². The predicted molar refractivity (Wildman–Crippen MR) is 98.1 cm³/mol. The maximum absolute atomic E-state index is 11.4. The fourth-order valence-corrected chi connectivity index (χ4v) is 2.23. The highest BCUT2D eigenvalue weighted by molar-refractivity contribution is 5.69. The van der Waals surface area contributed by atoms with E-state index in [0.29, 0.717) is 6.61 Å². The minimum atomic E-state index is -0.846. The van der Waals surface area contributed by atoms with Crippen LogP contribution in [0.1, 0.15) is 37.3 Å². The number of carboxylic acid groups (broad SMARTS) is 1. The Bertz CT molecular complexity index is 695. The van der Waals surface area contributed by atoms with Crippen LogP contribution in [0.2, 0.25) is 0 Å². The number of hydrogen-bond donors (Lipinski definition) is 2. The molecule has 0 atom stereocenters. The summed E-state index contributed by atoms with van der Waals surface area (Å²) >= 11 is 0. The van der Waals surface area contributed by atoms with Crippen molar-refractivity contribution in [3.8, 4) is 0 Å². The number of aliphatic hydroxyl groups excluding tert-OH is 1. The molecular weight excluding hydrogens is 352 g/mol. The van der Waals surface area contributed by atoms with Gasteiger partial charge in [-0.1, -0.05) is 6.42 Å². The van der Waals surface area contributed by atoms with Crippen LogP contribution in [-0.4, -0.2) is 54.5 Å². The van der Waals surface area contributed by atoms with Gasteiger partial charge in [-0.2, -0.15) is 0 Å². The second kappa shape index (κ2) is 12.6. The van der Waals surface area contributed by atoms with E-state index in [1.807, 2.05) is 6.92 Å². The highest BCUT2D eigenvalue weighted by Crippen LogP contribution is 2.01. The molecule has 2 aromatic rings. The zero-order valence-corrected chi connectivity index (χ0v) is 15.9. The molecule has 27 heavy (non-hydrogen) atoms. The Kier molecular flexibility index (Phi) is 10.5. The smallest absolute Gasteiger partial charge is 0.325 e. The fraction of sp³-hybridized carbons (Fsp3) is 0.556. The monoisotopic (exact) mass is 380 g/mol. The Balaban J connectivity index is 0.000000309. The van der Waals surface area contributed by atoms with Crippen LogP contribution in [0.15, 0.2) is 24.8 Å². The number of rotatable bonds is 10. The highest BCUT2D eigenvalue weighted by atomic mass is 16.5. The van der Waals surface area contributed by atoms with Gasteiger partial charge in [0, 0.05) is 31.4 Å². The fourth-order valence-electron chi connectivity index (χ4n) is 2.23. The van der Waals surface area contributed by atoms with Crippen molar-refractivity contribution in [2.45, 2.75) is 52.6 Å². The lowest BCUT2D eigenvalue weighted by atomic mass is 10.2. The Hall–Kier alpha value is -2.68. The Morgan fingerprint density at radius 3 is 2.00 bits per heavy atom. The molecule has 0 saturated heterocycles. The summed E-state index contributed by atoms with van der Waals surface area (Å²) in [6.45, 7) is 4.52. The maximum atomic E-state index is 11.4. The summed E-state index contributed by atoms with van der Waals surface area (Å²) in [5.41, 5.74) is 0. The van der Waals surface area contributed by atoms with Crippen molar-refractivity contribution in [2.24, 2.45) is 0 Å². The van der Waals surface area contributed by atoms with E-state index in [-0.39, 0.29) is 25.7 Å². The van der Waals surface area contributed by atoms with Crippen LogP contribution in [0.4, 0.5) is 0 Å². The molecule has 0 aliphatic heterocycles. The number of carboxylic acids is 1. The molecule has 2 rings (SSSR count). The van der Waals surface area contributed by atoms with Gasteiger partial charge in [0.15, 0.2) is 0 Å². The number of aliphatic hydroxyl groups is 1. The second-order valence-electron chi connectivity index (χ2n) is 5.96. The van der Waals surface area contributed by atoms with E-state index in [1.54, 1.807) is 40.8 Å². The first-order chi connectivity index (χ1) is 12.9. The van der Waals surface area contributed by atoms with Gasteiger partial charge >= 0.3 is 11.9 Å². The van der Waals surface area contributed by atoms with Crippen LogP contribution < -0.4 is 0 Å². The first kappa shape index (κ1) is 22.4. The molecule has 0 saturated carbocycles. The average Bonchev–Trinajstić information content (AvgIpc) is 3.20. The van der Waals surface area contributed by atoms with Crippen molar-refractivity contribution in [2.75, 3.05) is 13.2 Å². The number of carbonyl (C=O) groups is 2. The number of aliphatic carboxylic acids is 1. The number of unbranched alkanes of at least 4 members (excludes halogenated alkanes) is 3. The number of aromatic nitrogens is 4. The van der Waals surface area contributed by atoms with E-state index in [2.05, 4.69) is 9.97 Å². The van der Waals surface area contributed by atoms with Crippen molar-refractivity contribution in [1.82, 2.24) is 19.1 Å². The third kappa shape index (κ3) is 9.55. The topological polar surface area (TPSA) is 119 Å². The van der Waals surface area contributed by atoms with E-state index in [1.165, 1.54) is 0 Å². The SMILES string of the molecule is Cc1nccn1CC(=O)O.Cc1nccn1CC(=O)OCCCCCCO. The number of esters is 1. The Morgan fingerprint density at radius 2 is 1.52 bits per heavy atom. The lowest BCUT2D eigenvalue weighted by Crippen LogP contribution is -2.14. The maximum Gasteiger partial charge on any atom is 0.325 e. The van der Waals surface area contributed by atoms with E-state index >= 15 is 0 Å². The quantitative estimate of drug-likeness (QED) is 0.474. The normalized spacial score (nSPS) is 10.2. The summed E-state index contributed by atoms with van der Waals surface area (Å²) in [6, 6.07) is 0. The predicted octanol–water partition coefficient (Wildman–Crippen LogP) is 1.56. The first-order valence-corrected chi connectivity index (χ1v) is 8.87. The van der Waals surface area contributed by atoms with Crippen LogP contribution >= 0.6 is 0 Å². The van der Waals surface area contributed by atoms with E-state index in [0.717, 1.165) is 37.3 Å². The van der Waals surface area contributed by atoms with Crippen molar-refractivity contribution < 1.29 is 24.5 Å². The van der Waals surface area contributed by atoms with Crippen molar-refractivity contribution >= 4 is 11.9 Å². The minimum absolute atomic E-state index is 0.00810. The van der Waals surface area contributed by atoms with Gasteiger partial charge in [0.1, 0.15) is 24.7 Å². The molecule has 0 aliphatic rings. The molecule has 0 aromatic carbocycles. The van der Waals surface area contributed by atoms with Gasteiger partial charge in [0.25, 0.3) is 0 Å². The summed E-state index contributed by atoms with van der Waals surface area (Å²) in [5, 5.41) is 16.9. The van der Waals surface area contributed by atoms with Crippen LogP contribution in [0.25, 0.3) is 0 Å². The molecule has 9 heteroatoms. The average molecular weight is 380 g/mol. The van der Waals surface area contributed by atoms with Gasteiger partial charge in [-0.25, -0.2) is 9.97 Å². The van der Waals surface area contributed by atoms with Gasteiger partial charge in [-0.3, -0.25) is 9.59 Å². The van der Waals surface area contributed by atoms with E-state index in [9.17, 15) is 9.59 Å². The summed E-state index contributed by atoms with van der Waals surface area (Å²) in [5.74, 6) is 0.460. The third-order valence-electron chi connectivity index (χ3n) is 3.77. The molecule has 0 unspecified atom stereocenters. The zero-order valence-electron chi connectivity index (χ0n) is 15.9. The molecular formula is C18H28N4O5. The molecule has 9 nitrogen and oxygen atoms in total. The van der Waals surface area contributed by atoms with E-state index < -0.39 is 5.97 Å². The molecule has 0 aliphatic carbocycles. The number of ether oxygens (including phenoxy) is 1. The Morgan fingerprint density at radius 1 is 0.963 bits per heavy atom.